The highest BCUT2D eigenvalue weighted by Crippen LogP contribution is 2.39. The molecule has 5 rings (SSSR count). The van der Waals surface area contributed by atoms with Crippen LogP contribution in [-0.4, -0.2) is 52.5 Å². The van der Waals surface area contributed by atoms with Crippen molar-refractivity contribution in [1.29, 1.82) is 0 Å². The van der Waals surface area contributed by atoms with Crippen molar-refractivity contribution in [2.45, 2.75) is 24.6 Å². The molecule has 0 unspecified atom stereocenters. The molecule has 2 aromatic carbocycles. The minimum atomic E-state index is -0.252. The second kappa shape index (κ2) is 10.2. The first-order chi connectivity index (χ1) is 17.0. The zero-order valence-corrected chi connectivity index (χ0v) is 21.3. The number of halogens is 2. The van der Waals surface area contributed by atoms with Crippen LogP contribution in [-0.2, 0) is 6.61 Å². The van der Waals surface area contributed by atoms with Gasteiger partial charge in [0.1, 0.15) is 5.03 Å². The van der Waals surface area contributed by atoms with E-state index in [1.165, 1.54) is 22.9 Å². The van der Waals surface area contributed by atoms with Crippen molar-refractivity contribution in [3.05, 3.63) is 63.8 Å². The van der Waals surface area contributed by atoms with Gasteiger partial charge in [-0.2, -0.15) is 0 Å². The highest BCUT2D eigenvalue weighted by molar-refractivity contribution is 7.99. The number of nitrogens with zero attached hydrogens (tertiary/aromatic N) is 4. The molecule has 8 nitrogen and oxygen atoms in total. The average Bonchev–Trinajstić information content (AvgIpc) is 2.85. The molecule has 0 radical (unpaired) electrons. The van der Waals surface area contributed by atoms with E-state index in [-0.39, 0.29) is 12.5 Å². The molecule has 182 valence electrons. The Labute approximate surface area is 217 Å². The molecule has 2 aliphatic heterocycles. The number of amides is 1. The third-order valence-electron chi connectivity index (χ3n) is 6.08. The van der Waals surface area contributed by atoms with Crippen molar-refractivity contribution in [3.63, 3.8) is 0 Å². The van der Waals surface area contributed by atoms with Crippen LogP contribution in [0.15, 0.2) is 47.6 Å². The molecule has 1 fully saturated rings. The highest BCUT2D eigenvalue weighted by atomic mass is 35.5. The van der Waals surface area contributed by atoms with Crippen LogP contribution in [0, 0.1) is 0 Å². The fraction of sp³-hybridized carbons (Fsp3) is 0.292. The Balaban J connectivity index is 1.36. The minimum Gasteiger partial charge on any atom is -0.392 e. The molecule has 11 heteroatoms. The van der Waals surface area contributed by atoms with Gasteiger partial charge in [0, 0.05) is 48.8 Å². The summed E-state index contributed by atoms with van der Waals surface area (Å²) in [4.78, 5) is 25.9. The molecule has 2 aliphatic rings. The third kappa shape index (κ3) is 4.79. The molecule has 0 saturated carbocycles. The maximum absolute atomic E-state index is 13.1. The Morgan fingerprint density at radius 1 is 1.26 bits per heavy atom. The molecule has 3 N–H and O–H groups in total. The van der Waals surface area contributed by atoms with Crippen molar-refractivity contribution >= 4 is 63.9 Å². The molecule has 1 saturated heterocycles. The van der Waals surface area contributed by atoms with Crippen molar-refractivity contribution in [2.75, 3.05) is 40.6 Å². The Morgan fingerprint density at radius 3 is 2.80 bits per heavy atom. The lowest BCUT2D eigenvalue weighted by Crippen LogP contribution is -2.50. The van der Waals surface area contributed by atoms with E-state index in [9.17, 15) is 9.90 Å². The molecule has 35 heavy (non-hydrogen) atoms. The number of aromatic nitrogens is 2. The third-order valence-corrected chi connectivity index (χ3v) is 7.67. The summed E-state index contributed by atoms with van der Waals surface area (Å²) in [6.07, 6.45) is 1.51. The standard InChI is InChI=1S/C24H24Cl2N6O2S/c1-14-10-27-7-8-31(14)20-6-5-16(9-15(20)12-33)29-24-28-11-17-22(30-24)35-13-32(23(17)34)21-18(25)3-2-4-19(21)26/h2-6,9,11,14,27,33H,7-8,10,12-13H2,1H3,(H,28,29,30)/t14-/m0/s1. The van der Waals surface area contributed by atoms with Gasteiger partial charge in [0.2, 0.25) is 5.95 Å². The summed E-state index contributed by atoms with van der Waals surface area (Å²) in [6, 6.07) is 11.4. The molecule has 3 aromatic rings. The molecular weight excluding hydrogens is 507 g/mol. The quantitative estimate of drug-likeness (QED) is 0.414. The number of nitrogens with one attached hydrogen (secondary N) is 2. The van der Waals surface area contributed by atoms with E-state index in [1.807, 2.05) is 18.2 Å². The average molecular weight is 531 g/mol. The van der Waals surface area contributed by atoms with Gasteiger partial charge in [-0.05, 0) is 37.3 Å². The lowest BCUT2D eigenvalue weighted by atomic mass is 10.1. The summed E-state index contributed by atoms with van der Waals surface area (Å²) < 4.78 is 0. The number of hydrogen-bond donors (Lipinski definition) is 3. The molecular formula is C24H24Cl2N6O2S. The Bertz CT molecular complexity index is 1260. The van der Waals surface area contributed by atoms with Gasteiger partial charge in [0.05, 0.1) is 33.8 Å². The Kier molecular flexibility index (Phi) is 7.04. The van der Waals surface area contributed by atoms with E-state index in [0.29, 0.717) is 44.2 Å². The largest absolute Gasteiger partial charge is 0.392 e. The van der Waals surface area contributed by atoms with Gasteiger partial charge in [0.15, 0.2) is 0 Å². The van der Waals surface area contributed by atoms with E-state index in [4.69, 9.17) is 23.2 Å². The van der Waals surface area contributed by atoms with Crippen molar-refractivity contribution in [1.82, 2.24) is 15.3 Å². The van der Waals surface area contributed by atoms with Gasteiger partial charge in [-0.1, -0.05) is 41.0 Å². The highest BCUT2D eigenvalue weighted by Gasteiger charge is 2.30. The number of hydrogen-bond acceptors (Lipinski definition) is 8. The van der Waals surface area contributed by atoms with Crippen molar-refractivity contribution in [3.8, 4) is 0 Å². The van der Waals surface area contributed by atoms with Gasteiger partial charge in [0.25, 0.3) is 5.91 Å². The van der Waals surface area contributed by atoms with Gasteiger partial charge in [-0.25, -0.2) is 9.97 Å². The summed E-state index contributed by atoms with van der Waals surface area (Å²) in [6.45, 7) is 4.80. The van der Waals surface area contributed by atoms with Gasteiger partial charge in [-0.3, -0.25) is 9.69 Å². The first kappa shape index (κ1) is 24.1. The van der Waals surface area contributed by atoms with Crippen LogP contribution in [0.1, 0.15) is 22.8 Å². The summed E-state index contributed by atoms with van der Waals surface area (Å²) in [5, 5.41) is 18.0. The summed E-state index contributed by atoms with van der Waals surface area (Å²) >= 11 is 14.0. The SMILES string of the molecule is C[C@H]1CNCCN1c1ccc(Nc2ncc3c(n2)SCN(c2c(Cl)cccc2Cl)C3=O)cc1CO. The first-order valence-electron chi connectivity index (χ1n) is 11.2. The fourth-order valence-electron chi connectivity index (χ4n) is 4.32. The molecule has 0 spiro atoms. The van der Waals surface area contributed by atoms with Gasteiger partial charge >= 0.3 is 0 Å². The number of piperazine rings is 1. The maximum Gasteiger partial charge on any atom is 0.263 e. The zero-order chi connectivity index (χ0) is 24.5. The normalized spacial score (nSPS) is 17.9. The number of aliphatic hydroxyl groups excluding tert-OH is 1. The second-order valence-electron chi connectivity index (χ2n) is 8.36. The maximum atomic E-state index is 13.1. The molecule has 1 amide bonds. The summed E-state index contributed by atoms with van der Waals surface area (Å²) in [5.74, 6) is 0.454. The van der Waals surface area contributed by atoms with Crippen LogP contribution in [0.4, 0.5) is 23.0 Å². The van der Waals surface area contributed by atoms with E-state index >= 15 is 0 Å². The van der Waals surface area contributed by atoms with Crippen LogP contribution in [0.5, 0.6) is 0 Å². The van der Waals surface area contributed by atoms with Gasteiger partial charge < -0.3 is 20.6 Å². The zero-order valence-electron chi connectivity index (χ0n) is 19.0. The summed E-state index contributed by atoms with van der Waals surface area (Å²) in [7, 11) is 0. The van der Waals surface area contributed by atoms with Crippen LogP contribution < -0.4 is 20.4 Å². The van der Waals surface area contributed by atoms with Crippen LogP contribution >= 0.6 is 35.0 Å². The number of aliphatic hydroxyl groups is 1. The Morgan fingerprint density at radius 2 is 2.06 bits per heavy atom. The lowest BCUT2D eigenvalue weighted by Gasteiger charge is -2.37. The number of carbonyl (C=O) groups excluding carboxylic acids is 1. The summed E-state index contributed by atoms with van der Waals surface area (Å²) in [5.41, 5.74) is 3.49. The van der Waals surface area contributed by atoms with Crippen molar-refractivity contribution in [2.24, 2.45) is 0 Å². The molecule has 0 bridgehead atoms. The Hall–Kier alpha value is -2.56. The minimum absolute atomic E-state index is 0.0721. The van der Waals surface area contributed by atoms with E-state index in [0.717, 1.165) is 36.6 Å². The molecule has 1 atom stereocenters. The van der Waals surface area contributed by atoms with Crippen LogP contribution in [0.3, 0.4) is 0 Å². The number of para-hydroxylation sites is 1. The van der Waals surface area contributed by atoms with Crippen LogP contribution in [0.2, 0.25) is 10.0 Å². The number of rotatable bonds is 5. The van der Waals surface area contributed by atoms with E-state index < -0.39 is 0 Å². The number of benzene rings is 2. The van der Waals surface area contributed by atoms with Crippen molar-refractivity contribution < 1.29 is 9.90 Å². The van der Waals surface area contributed by atoms with E-state index in [1.54, 1.807) is 18.2 Å². The number of carbonyl (C=O) groups is 1. The monoisotopic (exact) mass is 530 g/mol. The first-order valence-corrected chi connectivity index (χ1v) is 12.9. The molecule has 3 heterocycles. The second-order valence-corrected chi connectivity index (χ2v) is 10.1. The number of anilines is 4. The number of fused-ring (bicyclic) bond motifs is 1. The molecule has 0 aliphatic carbocycles. The lowest BCUT2D eigenvalue weighted by molar-refractivity contribution is 0.0985. The van der Waals surface area contributed by atoms with E-state index in [2.05, 4.69) is 32.4 Å². The van der Waals surface area contributed by atoms with Crippen LogP contribution in [0.25, 0.3) is 0 Å². The fourth-order valence-corrected chi connectivity index (χ4v) is 5.87. The topological polar surface area (TPSA) is 93.6 Å². The predicted molar refractivity (Wildman–Crippen MR) is 141 cm³/mol. The predicted octanol–water partition coefficient (Wildman–Crippen LogP) is 4.53. The number of thioether (sulfide) groups is 1. The van der Waals surface area contributed by atoms with Gasteiger partial charge in [-0.15, -0.1) is 0 Å². The smallest absolute Gasteiger partial charge is 0.263 e. The molecule has 1 aromatic heterocycles.